The van der Waals surface area contributed by atoms with Gasteiger partial charge in [-0.15, -0.1) is 0 Å². The van der Waals surface area contributed by atoms with Gasteiger partial charge in [0.05, 0.1) is 25.0 Å². The molecule has 0 amide bonds. The Labute approximate surface area is 95.2 Å². The molecule has 1 aromatic heterocycles. The molecule has 0 aromatic carbocycles. The van der Waals surface area contributed by atoms with E-state index in [1.54, 1.807) is 6.20 Å². The molecule has 88 valence electrons. The van der Waals surface area contributed by atoms with Crippen molar-refractivity contribution < 1.29 is 14.6 Å². The second kappa shape index (κ2) is 4.80. The van der Waals surface area contributed by atoms with Crippen LogP contribution >= 0.6 is 0 Å². The Kier molecular flexibility index (Phi) is 3.41. The minimum atomic E-state index is -0.0286. The van der Waals surface area contributed by atoms with E-state index < -0.39 is 0 Å². The maximum atomic E-state index is 9.25. The van der Waals surface area contributed by atoms with Gasteiger partial charge in [0, 0.05) is 17.3 Å². The van der Waals surface area contributed by atoms with E-state index in [0.29, 0.717) is 13.2 Å². The predicted octanol–water partition coefficient (Wildman–Crippen LogP) is 1.57. The van der Waals surface area contributed by atoms with Crippen LogP contribution < -0.4 is 4.74 Å². The van der Waals surface area contributed by atoms with Crippen LogP contribution in [0, 0.1) is 6.92 Å². The molecule has 2 heterocycles. The summed E-state index contributed by atoms with van der Waals surface area (Å²) in [4.78, 5) is 4.22. The second-order valence-corrected chi connectivity index (χ2v) is 3.99. The average Bonchev–Trinajstić information content (AvgIpc) is 2.53. The van der Waals surface area contributed by atoms with Crippen LogP contribution in [-0.4, -0.2) is 22.8 Å². The minimum absolute atomic E-state index is 0.0286. The van der Waals surface area contributed by atoms with Gasteiger partial charge in [-0.2, -0.15) is 0 Å². The molecule has 0 unspecified atom stereocenters. The normalized spacial score (nSPS) is 19.8. The third-order valence-electron chi connectivity index (χ3n) is 2.91. The number of aryl methyl sites for hydroxylation is 1. The molecule has 0 saturated heterocycles. The van der Waals surface area contributed by atoms with Crippen molar-refractivity contribution in [3.63, 3.8) is 0 Å². The summed E-state index contributed by atoms with van der Waals surface area (Å²) in [5.74, 6) is 0.780. The maximum Gasteiger partial charge on any atom is 0.146 e. The van der Waals surface area contributed by atoms with Crippen molar-refractivity contribution in [2.45, 2.75) is 39.6 Å². The first kappa shape index (κ1) is 11.4. The Hall–Kier alpha value is -1.13. The first-order valence-electron chi connectivity index (χ1n) is 5.58. The molecule has 0 spiro atoms. The number of hydrogen-bond donors (Lipinski definition) is 1. The number of aromatic nitrogens is 1. The van der Waals surface area contributed by atoms with Gasteiger partial charge in [-0.3, -0.25) is 4.98 Å². The third-order valence-corrected chi connectivity index (χ3v) is 2.91. The monoisotopic (exact) mass is 223 g/mol. The highest BCUT2D eigenvalue weighted by Crippen LogP contribution is 2.29. The van der Waals surface area contributed by atoms with Gasteiger partial charge in [-0.1, -0.05) is 6.92 Å². The third kappa shape index (κ3) is 2.03. The van der Waals surface area contributed by atoms with E-state index >= 15 is 0 Å². The largest absolute Gasteiger partial charge is 0.489 e. The molecule has 1 N–H and O–H groups in total. The molecule has 2 rings (SSSR count). The summed E-state index contributed by atoms with van der Waals surface area (Å²) in [5.41, 5.74) is 2.58. The zero-order valence-electron chi connectivity index (χ0n) is 9.69. The summed E-state index contributed by atoms with van der Waals surface area (Å²) in [6, 6.07) is 0. The first-order chi connectivity index (χ1) is 7.76. The molecule has 0 aliphatic carbocycles. The van der Waals surface area contributed by atoms with Gasteiger partial charge in [0.15, 0.2) is 0 Å². The lowest BCUT2D eigenvalue weighted by atomic mass is 10.1. The summed E-state index contributed by atoms with van der Waals surface area (Å²) in [7, 11) is 0. The van der Waals surface area contributed by atoms with E-state index in [0.717, 1.165) is 29.0 Å². The van der Waals surface area contributed by atoms with Gasteiger partial charge >= 0.3 is 0 Å². The summed E-state index contributed by atoms with van der Waals surface area (Å²) >= 11 is 0. The van der Waals surface area contributed by atoms with Crippen molar-refractivity contribution >= 4 is 0 Å². The molecule has 4 nitrogen and oxygen atoms in total. The predicted molar refractivity (Wildman–Crippen MR) is 59.3 cm³/mol. The fraction of sp³-hybridized carbons (Fsp3) is 0.583. The van der Waals surface area contributed by atoms with Gasteiger partial charge in [-0.05, 0) is 13.3 Å². The van der Waals surface area contributed by atoms with Gasteiger partial charge in [0.2, 0.25) is 0 Å². The molecule has 0 saturated carbocycles. The topological polar surface area (TPSA) is 51.6 Å². The maximum absolute atomic E-state index is 9.25. The molecule has 1 atom stereocenters. The van der Waals surface area contributed by atoms with Crippen molar-refractivity contribution in [1.82, 2.24) is 4.98 Å². The van der Waals surface area contributed by atoms with E-state index in [4.69, 9.17) is 9.47 Å². The Morgan fingerprint density at radius 2 is 2.38 bits per heavy atom. The highest BCUT2D eigenvalue weighted by molar-refractivity contribution is 5.41. The number of aliphatic hydroxyl groups is 1. The fourth-order valence-corrected chi connectivity index (χ4v) is 1.82. The number of hydrogen-bond acceptors (Lipinski definition) is 4. The Morgan fingerprint density at radius 1 is 1.56 bits per heavy atom. The van der Waals surface area contributed by atoms with E-state index in [9.17, 15) is 5.11 Å². The highest BCUT2D eigenvalue weighted by atomic mass is 16.5. The van der Waals surface area contributed by atoms with Crippen LogP contribution in [0.5, 0.6) is 5.75 Å². The second-order valence-electron chi connectivity index (χ2n) is 3.99. The standard InChI is InChI=1S/C12H17NO3/c1-3-10-6-16-12-8(2)13-4-9(5-14)11(12)7-15-10/h4,10,14H,3,5-7H2,1-2H3/t10-/m0/s1. The Bertz CT molecular complexity index is 379. The van der Waals surface area contributed by atoms with Crippen molar-refractivity contribution in [2.24, 2.45) is 0 Å². The minimum Gasteiger partial charge on any atom is -0.489 e. The van der Waals surface area contributed by atoms with Crippen LogP contribution in [0.1, 0.15) is 30.2 Å². The van der Waals surface area contributed by atoms with Gasteiger partial charge < -0.3 is 14.6 Å². The van der Waals surface area contributed by atoms with Crippen LogP contribution in [0.25, 0.3) is 0 Å². The van der Waals surface area contributed by atoms with Gasteiger partial charge in [0.25, 0.3) is 0 Å². The van der Waals surface area contributed by atoms with E-state index in [2.05, 4.69) is 11.9 Å². The van der Waals surface area contributed by atoms with Gasteiger partial charge in [0.1, 0.15) is 12.4 Å². The summed E-state index contributed by atoms with van der Waals surface area (Å²) in [5, 5.41) is 9.25. The molecule has 1 aliphatic heterocycles. The van der Waals surface area contributed by atoms with E-state index in [-0.39, 0.29) is 12.7 Å². The smallest absolute Gasteiger partial charge is 0.146 e. The van der Waals surface area contributed by atoms with Crippen molar-refractivity contribution in [2.75, 3.05) is 6.61 Å². The Morgan fingerprint density at radius 3 is 3.06 bits per heavy atom. The van der Waals surface area contributed by atoms with Crippen molar-refractivity contribution in [1.29, 1.82) is 0 Å². The molecule has 1 aromatic rings. The SMILES string of the molecule is CC[C@H]1COc2c(C)ncc(CO)c2CO1. The number of rotatable bonds is 2. The first-order valence-corrected chi connectivity index (χ1v) is 5.58. The zero-order chi connectivity index (χ0) is 11.5. The molecule has 0 fully saturated rings. The quantitative estimate of drug-likeness (QED) is 0.826. The average molecular weight is 223 g/mol. The molecule has 0 bridgehead atoms. The Balaban J connectivity index is 2.35. The van der Waals surface area contributed by atoms with Crippen LogP contribution in [0.15, 0.2) is 6.20 Å². The highest BCUT2D eigenvalue weighted by Gasteiger charge is 2.20. The van der Waals surface area contributed by atoms with Crippen molar-refractivity contribution in [3.8, 4) is 5.75 Å². The lowest BCUT2D eigenvalue weighted by Crippen LogP contribution is -2.17. The van der Waals surface area contributed by atoms with Crippen LogP contribution in [-0.2, 0) is 18.0 Å². The molecule has 4 heteroatoms. The zero-order valence-corrected chi connectivity index (χ0v) is 9.69. The van der Waals surface area contributed by atoms with Crippen LogP contribution in [0.2, 0.25) is 0 Å². The summed E-state index contributed by atoms with van der Waals surface area (Å²) in [6.45, 7) is 5.00. The number of nitrogens with zero attached hydrogens (tertiary/aromatic N) is 1. The lowest BCUT2D eigenvalue weighted by molar-refractivity contribution is 0.0208. The number of aliphatic hydroxyl groups excluding tert-OH is 1. The van der Waals surface area contributed by atoms with Crippen LogP contribution in [0.3, 0.4) is 0 Å². The van der Waals surface area contributed by atoms with Crippen LogP contribution in [0.4, 0.5) is 0 Å². The molecule has 0 radical (unpaired) electrons. The molecule has 1 aliphatic rings. The lowest BCUT2D eigenvalue weighted by Gasteiger charge is -2.12. The molecular weight excluding hydrogens is 206 g/mol. The fourth-order valence-electron chi connectivity index (χ4n) is 1.82. The summed E-state index contributed by atoms with van der Waals surface area (Å²) < 4.78 is 11.4. The van der Waals surface area contributed by atoms with E-state index in [1.807, 2.05) is 6.92 Å². The number of pyridine rings is 1. The summed E-state index contributed by atoms with van der Waals surface area (Å²) in [6.07, 6.45) is 2.74. The number of fused-ring (bicyclic) bond motifs is 1. The molecule has 16 heavy (non-hydrogen) atoms. The number of ether oxygens (including phenoxy) is 2. The van der Waals surface area contributed by atoms with Crippen molar-refractivity contribution in [3.05, 3.63) is 23.0 Å². The van der Waals surface area contributed by atoms with Gasteiger partial charge in [-0.25, -0.2) is 0 Å². The van der Waals surface area contributed by atoms with E-state index in [1.165, 1.54) is 0 Å². The molecular formula is C12H17NO3.